The lowest BCUT2D eigenvalue weighted by Crippen LogP contribution is -2.30. The van der Waals surface area contributed by atoms with Crippen LogP contribution in [0.15, 0.2) is 0 Å². The van der Waals surface area contributed by atoms with Crippen LogP contribution in [0.5, 0.6) is 0 Å². The average Bonchev–Trinajstić information content (AvgIpc) is 2.73. The van der Waals surface area contributed by atoms with E-state index in [2.05, 4.69) is 20.8 Å². The standard InChI is InChI=1S/C15H28O3/c1-4-13-5-7-15(11-13,14(16)17)8-10-18-9-6-12(2)3/h12-13H,4-11H2,1-3H3,(H,16,17). The van der Waals surface area contributed by atoms with Gasteiger partial charge < -0.3 is 9.84 Å². The van der Waals surface area contributed by atoms with E-state index < -0.39 is 11.4 Å². The van der Waals surface area contributed by atoms with Gasteiger partial charge in [0.1, 0.15) is 0 Å². The molecule has 106 valence electrons. The summed E-state index contributed by atoms with van der Waals surface area (Å²) in [6.45, 7) is 7.84. The van der Waals surface area contributed by atoms with E-state index in [0.29, 0.717) is 24.9 Å². The van der Waals surface area contributed by atoms with Crippen LogP contribution in [0.3, 0.4) is 0 Å². The Hall–Kier alpha value is -0.570. The number of carbonyl (C=O) groups is 1. The fraction of sp³-hybridized carbons (Fsp3) is 0.933. The second kappa shape index (κ2) is 7.13. The van der Waals surface area contributed by atoms with Gasteiger partial charge in [-0.2, -0.15) is 0 Å². The first-order valence-electron chi connectivity index (χ1n) is 7.31. The molecule has 1 N–H and O–H groups in total. The lowest BCUT2D eigenvalue weighted by Gasteiger charge is -2.24. The third-order valence-electron chi connectivity index (χ3n) is 4.31. The van der Waals surface area contributed by atoms with Crippen LogP contribution >= 0.6 is 0 Å². The highest BCUT2D eigenvalue weighted by Crippen LogP contribution is 2.45. The Morgan fingerprint density at radius 2 is 2.17 bits per heavy atom. The number of rotatable bonds is 8. The normalized spacial score (nSPS) is 27.9. The van der Waals surface area contributed by atoms with Crippen molar-refractivity contribution >= 4 is 5.97 Å². The summed E-state index contributed by atoms with van der Waals surface area (Å²) in [6, 6.07) is 0. The maximum atomic E-state index is 11.5. The van der Waals surface area contributed by atoms with Gasteiger partial charge in [-0.3, -0.25) is 4.79 Å². The lowest BCUT2D eigenvalue weighted by molar-refractivity contribution is -0.150. The Bertz CT molecular complexity index is 262. The van der Waals surface area contributed by atoms with Gasteiger partial charge in [0.05, 0.1) is 5.41 Å². The third-order valence-corrected chi connectivity index (χ3v) is 4.31. The van der Waals surface area contributed by atoms with Crippen LogP contribution in [0.2, 0.25) is 0 Å². The van der Waals surface area contributed by atoms with Crippen molar-refractivity contribution < 1.29 is 14.6 Å². The number of carboxylic acids is 1. The largest absolute Gasteiger partial charge is 0.481 e. The minimum absolute atomic E-state index is 0.501. The van der Waals surface area contributed by atoms with Gasteiger partial charge in [-0.1, -0.05) is 27.2 Å². The van der Waals surface area contributed by atoms with E-state index in [4.69, 9.17) is 4.74 Å². The molecule has 0 aromatic heterocycles. The van der Waals surface area contributed by atoms with Crippen molar-refractivity contribution in [2.45, 2.75) is 59.3 Å². The second-order valence-electron chi connectivity index (χ2n) is 6.15. The Morgan fingerprint density at radius 3 is 2.67 bits per heavy atom. The number of aliphatic carboxylic acids is 1. The van der Waals surface area contributed by atoms with Gasteiger partial charge in [-0.25, -0.2) is 0 Å². The molecule has 1 fully saturated rings. The summed E-state index contributed by atoms with van der Waals surface area (Å²) < 4.78 is 5.59. The Labute approximate surface area is 111 Å². The van der Waals surface area contributed by atoms with E-state index in [9.17, 15) is 9.90 Å². The van der Waals surface area contributed by atoms with Crippen molar-refractivity contribution in [2.75, 3.05) is 13.2 Å². The van der Waals surface area contributed by atoms with Crippen molar-refractivity contribution in [3.05, 3.63) is 0 Å². The topological polar surface area (TPSA) is 46.5 Å². The van der Waals surface area contributed by atoms with Crippen molar-refractivity contribution in [2.24, 2.45) is 17.3 Å². The minimum Gasteiger partial charge on any atom is -0.481 e. The van der Waals surface area contributed by atoms with Gasteiger partial charge >= 0.3 is 5.97 Å². The van der Waals surface area contributed by atoms with Crippen LogP contribution in [0.25, 0.3) is 0 Å². The van der Waals surface area contributed by atoms with E-state index in [0.717, 1.165) is 38.7 Å². The van der Waals surface area contributed by atoms with Gasteiger partial charge in [-0.15, -0.1) is 0 Å². The van der Waals surface area contributed by atoms with E-state index in [1.165, 1.54) is 0 Å². The molecule has 2 unspecified atom stereocenters. The fourth-order valence-electron chi connectivity index (χ4n) is 2.80. The summed E-state index contributed by atoms with van der Waals surface area (Å²) in [5.74, 6) is 0.622. The molecule has 3 heteroatoms. The zero-order chi connectivity index (χ0) is 13.6. The van der Waals surface area contributed by atoms with E-state index in [1.807, 2.05) is 0 Å². The Kier molecular flexibility index (Phi) is 6.13. The predicted molar refractivity (Wildman–Crippen MR) is 72.6 cm³/mol. The number of hydrogen-bond donors (Lipinski definition) is 1. The van der Waals surface area contributed by atoms with Crippen molar-refractivity contribution in [1.82, 2.24) is 0 Å². The summed E-state index contributed by atoms with van der Waals surface area (Å²) >= 11 is 0. The predicted octanol–water partition coefficient (Wildman–Crippen LogP) is 3.72. The molecule has 1 aliphatic carbocycles. The van der Waals surface area contributed by atoms with Crippen LogP contribution in [-0.2, 0) is 9.53 Å². The minimum atomic E-state index is -0.620. The molecule has 0 spiro atoms. The Morgan fingerprint density at radius 1 is 1.44 bits per heavy atom. The van der Waals surface area contributed by atoms with Crippen LogP contribution < -0.4 is 0 Å². The molecule has 18 heavy (non-hydrogen) atoms. The fourth-order valence-corrected chi connectivity index (χ4v) is 2.80. The second-order valence-corrected chi connectivity index (χ2v) is 6.15. The molecule has 0 aromatic rings. The first-order valence-corrected chi connectivity index (χ1v) is 7.31. The summed E-state index contributed by atoms with van der Waals surface area (Å²) in [5.41, 5.74) is -0.501. The first kappa shape index (κ1) is 15.5. The highest BCUT2D eigenvalue weighted by molar-refractivity contribution is 5.75. The summed E-state index contributed by atoms with van der Waals surface area (Å²) in [6.07, 6.45) is 5.56. The molecule has 0 radical (unpaired) electrons. The highest BCUT2D eigenvalue weighted by Gasteiger charge is 2.44. The van der Waals surface area contributed by atoms with Crippen molar-refractivity contribution in [3.8, 4) is 0 Å². The number of hydrogen-bond acceptors (Lipinski definition) is 2. The van der Waals surface area contributed by atoms with Gasteiger partial charge in [0.2, 0.25) is 0 Å². The molecule has 2 atom stereocenters. The number of ether oxygens (including phenoxy) is 1. The molecular formula is C15H28O3. The smallest absolute Gasteiger partial charge is 0.309 e. The van der Waals surface area contributed by atoms with E-state index in [-0.39, 0.29) is 0 Å². The molecule has 0 bridgehead atoms. The van der Waals surface area contributed by atoms with Gasteiger partial charge in [0.25, 0.3) is 0 Å². The highest BCUT2D eigenvalue weighted by atomic mass is 16.5. The zero-order valence-corrected chi connectivity index (χ0v) is 12.1. The van der Waals surface area contributed by atoms with Crippen LogP contribution in [0, 0.1) is 17.3 Å². The average molecular weight is 256 g/mol. The van der Waals surface area contributed by atoms with Crippen molar-refractivity contribution in [3.63, 3.8) is 0 Å². The van der Waals surface area contributed by atoms with Gasteiger partial charge in [0, 0.05) is 13.2 Å². The molecule has 0 aromatic carbocycles. The maximum Gasteiger partial charge on any atom is 0.309 e. The molecule has 1 aliphatic rings. The van der Waals surface area contributed by atoms with Gasteiger partial charge in [-0.05, 0) is 43.9 Å². The molecule has 0 amide bonds. The zero-order valence-electron chi connectivity index (χ0n) is 12.1. The quantitative estimate of drug-likeness (QED) is 0.673. The Balaban J connectivity index is 2.34. The number of carboxylic acid groups (broad SMARTS) is 1. The molecule has 0 saturated heterocycles. The van der Waals surface area contributed by atoms with Crippen molar-refractivity contribution in [1.29, 1.82) is 0 Å². The molecule has 1 saturated carbocycles. The molecule has 1 rings (SSSR count). The summed E-state index contributed by atoms with van der Waals surface area (Å²) in [4.78, 5) is 11.5. The van der Waals surface area contributed by atoms with Crippen LogP contribution in [0.4, 0.5) is 0 Å². The molecule has 0 heterocycles. The monoisotopic (exact) mass is 256 g/mol. The molecule has 0 aliphatic heterocycles. The summed E-state index contributed by atoms with van der Waals surface area (Å²) in [5, 5.41) is 9.47. The molecular weight excluding hydrogens is 228 g/mol. The van der Waals surface area contributed by atoms with E-state index >= 15 is 0 Å². The first-order chi connectivity index (χ1) is 8.50. The van der Waals surface area contributed by atoms with Crippen LogP contribution in [0.1, 0.15) is 59.3 Å². The van der Waals surface area contributed by atoms with Crippen LogP contribution in [-0.4, -0.2) is 24.3 Å². The SMILES string of the molecule is CCC1CCC(CCOCCC(C)C)(C(=O)O)C1. The summed E-state index contributed by atoms with van der Waals surface area (Å²) in [7, 11) is 0. The maximum absolute atomic E-state index is 11.5. The lowest BCUT2D eigenvalue weighted by atomic mass is 9.82. The van der Waals surface area contributed by atoms with E-state index in [1.54, 1.807) is 0 Å². The van der Waals surface area contributed by atoms with Gasteiger partial charge in [0.15, 0.2) is 0 Å². The molecule has 3 nitrogen and oxygen atoms in total. The third kappa shape index (κ3) is 4.27.